The van der Waals surface area contributed by atoms with Gasteiger partial charge in [-0.05, 0) is 37.6 Å². The van der Waals surface area contributed by atoms with Crippen LogP contribution in [0, 0.1) is 6.92 Å². The van der Waals surface area contributed by atoms with E-state index in [1.807, 2.05) is 0 Å². The van der Waals surface area contributed by atoms with Crippen LogP contribution in [0.25, 0.3) is 0 Å². The van der Waals surface area contributed by atoms with Crippen molar-refractivity contribution in [2.75, 3.05) is 6.54 Å². The van der Waals surface area contributed by atoms with Gasteiger partial charge in [0, 0.05) is 12.1 Å². The third-order valence-corrected chi connectivity index (χ3v) is 5.25. The van der Waals surface area contributed by atoms with Gasteiger partial charge in [-0.15, -0.1) is 0 Å². The number of nitrogens with zero attached hydrogens (tertiary/aromatic N) is 1. The van der Waals surface area contributed by atoms with E-state index in [1.54, 1.807) is 6.92 Å². The summed E-state index contributed by atoms with van der Waals surface area (Å²) in [5.74, 6) is -3.26. The number of alkyl halides is 6. The molecule has 0 bridgehead atoms. The normalized spacial score (nSPS) is 18.0. The Morgan fingerprint density at radius 2 is 1.50 bits per heavy atom. The first kappa shape index (κ1) is 25.3. The maximum Gasteiger partial charge on any atom is 0.416 e. The summed E-state index contributed by atoms with van der Waals surface area (Å²) in [7, 11) is 0. The molecule has 2 unspecified atom stereocenters. The molecule has 0 aromatic heterocycles. The minimum atomic E-state index is -5.17. The fourth-order valence-corrected chi connectivity index (χ4v) is 3.70. The standard InChI is InChI=1S/C23H19F6NO4/c1-11-3-5-13(6-4-11)19(32)17-18(30(10-12(2)31)21(34)20(17)33)14-7-15(22(24,25)26)9-16(8-14)23(27,28)29/h3-9,12,18,31,33H,10H2,1-2H3. The van der Waals surface area contributed by atoms with Crippen molar-refractivity contribution in [3.63, 3.8) is 0 Å². The number of Topliss-reactive ketones (excluding diaryl/α,β-unsaturated/α-hetero) is 1. The van der Waals surface area contributed by atoms with Gasteiger partial charge >= 0.3 is 12.4 Å². The van der Waals surface area contributed by atoms with Crippen LogP contribution in [-0.4, -0.2) is 39.5 Å². The number of ketones is 1. The summed E-state index contributed by atoms with van der Waals surface area (Å²) in [6.07, 6.45) is -11.6. The number of benzene rings is 2. The van der Waals surface area contributed by atoms with Gasteiger partial charge in [-0.2, -0.15) is 26.3 Å². The summed E-state index contributed by atoms with van der Waals surface area (Å²) >= 11 is 0. The molecule has 0 radical (unpaired) electrons. The number of carbonyl (C=O) groups excluding carboxylic acids is 2. The van der Waals surface area contributed by atoms with Crippen molar-refractivity contribution in [3.05, 3.63) is 81.6 Å². The summed E-state index contributed by atoms with van der Waals surface area (Å²) < 4.78 is 80.6. The van der Waals surface area contributed by atoms with Crippen molar-refractivity contribution >= 4 is 11.7 Å². The molecule has 2 aromatic carbocycles. The maximum absolute atomic E-state index is 13.4. The highest BCUT2D eigenvalue weighted by atomic mass is 19.4. The molecule has 1 aliphatic heterocycles. The van der Waals surface area contributed by atoms with E-state index in [2.05, 4.69) is 0 Å². The minimum absolute atomic E-state index is 0.0353. The molecule has 3 rings (SSSR count). The van der Waals surface area contributed by atoms with Crippen LogP contribution in [0.3, 0.4) is 0 Å². The Balaban J connectivity index is 2.26. The molecule has 0 spiro atoms. The molecule has 1 amide bonds. The lowest BCUT2D eigenvalue weighted by Crippen LogP contribution is -2.36. The van der Waals surface area contributed by atoms with Crippen LogP contribution in [0.5, 0.6) is 0 Å². The van der Waals surface area contributed by atoms with Crippen LogP contribution >= 0.6 is 0 Å². The molecule has 0 fully saturated rings. The van der Waals surface area contributed by atoms with Crippen LogP contribution in [0.4, 0.5) is 26.3 Å². The van der Waals surface area contributed by atoms with Gasteiger partial charge < -0.3 is 15.1 Å². The Labute approximate surface area is 189 Å². The number of β-amino-alcohol motifs (C(OH)–C–C–N with tert-alkyl or cyclic N) is 1. The topological polar surface area (TPSA) is 77.8 Å². The molecular weight excluding hydrogens is 468 g/mol. The molecule has 182 valence electrons. The van der Waals surface area contributed by atoms with Gasteiger partial charge in [0.15, 0.2) is 11.5 Å². The molecule has 2 aromatic rings. The van der Waals surface area contributed by atoms with Crippen LogP contribution < -0.4 is 0 Å². The molecule has 0 saturated heterocycles. The summed E-state index contributed by atoms with van der Waals surface area (Å²) in [6.45, 7) is 2.39. The molecule has 34 heavy (non-hydrogen) atoms. The van der Waals surface area contributed by atoms with E-state index in [9.17, 15) is 46.1 Å². The van der Waals surface area contributed by atoms with Gasteiger partial charge in [0.2, 0.25) is 0 Å². The fraction of sp³-hybridized carbons (Fsp3) is 0.304. The van der Waals surface area contributed by atoms with Crippen LogP contribution in [0.15, 0.2) is 53.8 Å². The number of hydrogen-bond acceptors (Lipinski definition) is 4. The molecule has 5 nitrogen and oxygen atoms in total. The Bertz CT molecular complexity index is 1120. The molecule has 0 aliphatic carbocycles. The zero-order valence-corrected chi connectivity index (χ0v) is 17.8. The highest BCUT2D eigenvalue weighted by Crippen LogP contribution is 2.43. The smallest absolute Gasteiger partial charge is 0.416 e. The van der Waals surface area contributed by atoms with Gasteiger partial charge in [0.1, 0.15) is 0 Å². The highest BCUT2D eigenvalue weighted by Gasteiger charge is 2.46. The van der Waals surface area contributed by atoms with Gasteiger partial charge in [-0.3, -0.25) is 9.59 Å². The number of aryl methyl sites for hydroxylation is 1. The monoisotopic (exact) mass is 487 g/mol. The van der Waals surface area contributed by atoms with Crippen molar-refractivity contribution in [3.8, 4) is 0 Å². The largest absolute Gasteiger partial charge is 0.503 e. The Morgan fingerprint density at radius 3 is 1.94 bits per heavy atom. The lowest BCUT2D eigenvalue weighted by Gasteiger charge is -2.29. The first-order valence-electron chi connectivity index (χ1n) is 9.94. The molecule has 1 heterocycles. The zero-order chi connectivity index (χ0) is 25.6. The number of hydrogen-bond donors (Lipinski definition) is 2. The number of aliphatic hydroxyl groups is 2. The summed E-state index contributed by atoms with van der Waals surface area (Å²) in [5.41, 5.74) is -3.92. The van der Waals surface area contributed by atoms with Gasteiger partial charge in [-0.25, -0.2) is 0 Å². The SMILES string of the molecule is Cc1ccc(C(=O)C2=C(O)C(=O)N(CC(C)O)C2c2cc(C(F)(F)F)cc(C(F)(F)F)c2)cc1. The molecule has 0 saturated carbocycles. The first-order chi connectivity index (χ1) is 15.6. The fourth-order valence-electron chi connectivity index (χ4n) is 3.70. The summed E-state index contributed by atoms with van der Waals surface area (Å²) in [5, 5.41) is 20.2. The number of aliphatic hydroxyl groups excluding tert-OH is 2. The lowest BCUT2D eigenvalue weighted by molar-refractivity contribution is -0.143. The van der Waals surface area contributed by atoms with E-state index in [4.69, 9.17) is 0 Å². The Morgan fingerprint density at radius 1 is 1.00 bits per heavy atom. The number of rotatable bonds is 5. The zero-order valence-electron chi connectivity index (χ0n) is 17.8. The lowest BCUT2D eigenvalue weighted by atomic mass is 9.90. The van der Waals surface area contributed by atoms with Crippen molar-refractivity contribution in [2.24, 2.45) is 0 Å². The highest BCUT2D eigenvalue weighted by molar-refractivity contribution is 6.16. The molecule has 2 N–H and O–H groups in total. The third-order valence-electron chi connectivity index (χ3n) is 5.25. The second-order valence-electron chi connectivity index (χ2n) is 8.01. The van der Waals surface area contributed by atoms with E-state index in [0.717, 1.165) is 5.56 Å². The van der Waals surface area contributed by atoms with Crippen molar-refractivity contribution < 1.29 is 46.1 Å². The number of carbonyl (C=O) groups is 2. The maximum atomic E-state index is 13.4. The molecule has 11 heteroatoms. The van der Waals surface area contributed by atoms with E-state index in [0.29, 0.717) is 17.0 Å². The quantitative estimate of drug-likeness (QED) is 0.460. The predicted molar refractivity (Wildman–Crippen MR) is 108 cm³/mol. The third kappa shape index (κ3) is 4.93. The van der Waals surface area contributed by atoms with Crippen molar-refractivity contribution in [1.29, 1.82) is 0 Å². The molecular formula is C23H19F6NO4. The number of halogens is 6. The Kier molecular flexibility index (Phi) is 6.53. The van der Waals surface area contributed by atoms with Crippen molar-refractivity contribution in [1.82, 2.24) is 4.90 Å². The summed E-state index contributed by atoms with van der Waals surface area (Å²) in [4.78, 5) is 26.6. The molecule has 2 atom stereocenters. The average Bonchev–Trinajstić information content (AvgIpc) is 2.96. The van der Waals surface area contributed by atoms with E-state index in [-0.39, 0.29) is 11.6 Å². The second-order valence-corrected chi connectivity index (χ2v) is 8.01. The van der Waals surface area contributed by atoms with Crippen molar-refractivity contribution in [2.45, 2.75) is 38.3 Å². The number of amides is 1. The van der Waals surface area contributed by atoms with Crippen LogP contribution in [0.2, 0.25) is 0 Å². The van der Waals surface area contributed by atoms with E-state index in [1.165, 1.54) is 31.2 Å². The predicted octanol–water partition coefficient (Wildman–Crippen LogP) is 4.99. The summed E-state index contributed by atoms with van der Waals surface area (Å²) in [6, 6.07) is 4.69. The average molecular weight is 487 g/mol. The van der Waals surface area contributed by atoms with Gasteiger partial charge in [0.25, 0.3) is 5.91 Å². The first-order valence-corrected chi connectivity index (χ1v) is 9.94. The van der Waals surface area contributed by atoms with E-state index < -0.39 is 70.8 Å². The minimum Gasteiger partial charge on any atom is -0.503 e. The van der Waals surface area contributed by atoms with Crippen LogP contribution in [-0.2, 0) is 17.1 Å². The van der Waals surface area contributed by atoms with Gasteiger partial charge in [0.05, 0.1) is 28.8 Å². The van der Waals surface area contributed by atoms with Gasteiger partial charge in [-0.1, -0.05) is 29.8 Å². The van der Waals surface area contributed by atoms with E-state index >= 15 is 0 Å². The second kappa shape index (κ2) is 8.79. The van der Waals surface area contributed by atoms with Crippen LogP contribution in [0.1, 0.15) is 45.6 Å². The Hall–Kier alpha value is -3.34. The molecule has 1 aliphatic rings.